The highest BCUT2D eigenvalue weighted by atomic mass is 79.9. The Morgan fingerprint density at radius 1 is 0.850 bits per heavy atom. The van der Waals surface area contributed by atoms with Crippen molar-refractivity contribution in [1.82, 2.24) is 0 Å². The van der Waals surface area contributed by atoms with Gasteiger partial charge in [0.1, 0.15) is 0 Å². The lowest BCUT2D eigenvalue weighted by Gasteiger charge is -2.41. The van der Waals surface area contributed by atoms with Gasteiger partial charge in [-0.1, -0.05) is 32.6 Å². The van der Waals surface area contributed by atoms with Crippen LogP contribution in [0.4, 0.5) is 0 Å². The Balaban J connectivity index is 0. The van der Waals surface area contributed by atoms with Crippen LogP contribution in [-0.4, -0.2) is 61.4 Å². The molecule has 0 aromatic carbocycles. The smallest absolute Gasteiger partial charge is 0.561 e. The summed E-state index contributed by atoms with van der Waals surface area (Å²) in [5.74, 6) is 0. The number of quaternary nitrogens is 1. The van der Waals surface area contributed by atoms with Crippen LogP contribution in [0, 0.1) is 0 Å². The highest BCUT2D eigenvalue weighted by molar-refractivity contribution is 6.62. The highest BCUT2D eigenvalue weighted by Gasteiger charge is 2.54. The third-order valence-corrected chi connectivity index (χ3v) is 7.36. The Hall–Kier alpha value is 0.537. The standard InChI is InChI=1S/C14H34NO3Si.BrH/c1-8-9-10-11-12-13-14(15(2,3)4)19(16-5,17-6)18-7;/h14H,8-13H2,1-7H3;1H/q+1;/p-1. The number of nitrogens with zero attached hydrogens (tertiary/aromatic N) is 1. The molecule has 4 nitrogen and oxygen atoms in total. The van der Waals surface area contributed by atoms with Gasteiger partial charge in [0, 0.05) is 27.8 Å². The predicted octanol–water partition coefficient (Wildman–Crippen LogP) is -0.157. The van der Waals surface area contributed by atoms with Crippen LogP contribution >= 0.6 is 0 Å². The second-order valence-electron chi connectivity index (χ2n) is 6.05. The second kappa shape index (κ2) is 11.2. The fourth-order valence-electron chi connectivity index (χ4n) is 2.64. The van der Waals surface area contributed by atoms with Gasteiger partial charge in [0.05, 0.1) is 21.1 Å². The molecule has 0 fully saturated rings. The molecule has 0 spiro atoms. The molecule has 0 saturated heterocycles. The monoisotopic (exact) mass is 371 g/mol. The predicted molar refractivity (Wildman–Crippen MR) is 82.0 cm³/mol. The van der Waals surface area contributed by atoms with Crippen LogP contribution in [0.1, 0.15) is 45.4 Å². The van der Waals surface area contributed by atoms with Gasteiger partial charge in [0.2, 0.25) is 0 Å². The van der Waals surface area contributed by atoms with E-state index in [1.807, 2.05) is 0 Å². The summed E-state index contributed by atoms with van der Waals surface area (Å²) in [7, 11) is 9.11. The maximum atomic E-state index is 5.68. The Bertz CT molecular complexity index is 225. The average molecular weight is 372 g/mol. The van der Waals surface area contributed by atoms with E-state index in [2.05, 4.69) is 28.1 Å². The fraction of sp³-hybridized carbons (Fsp3) is 1.00. The molecule has 0 heterocycles. The Morgan fingerprint density at radius 3 is 1.65 bits per heavy atom. The molecule has 0 saturated carbocycles. The summed E-state index contributed by atoms with van der Waals surface area (Å²) in [4.78, 5) is 0. The second-order valence-corrected chi connectivity index (χ2v) is 9.15. The van der Waals surface area contributed by atoms with Crippen LogP contribution in [-0.2, 0) is 13.3 Å². The summed E-state index contributed by atoms with van der Waals surface area (Å²) in [6, 6.07) is 0. The lowest BCUT2D eigenvalue weighted by molar-refractivity contribution is -0.887. The zero-order chi connectivity index (χ0) is 14.9. The van der Waals surface area contributed by atoms with Crippen molar-refractivity contribution < 1.29 is 34.7 Å². The molecule has 0 aromatic heterocycles. The van der Waals surface area contributed by atoms with Gasteiger partial charge in [-0.25, -0.2) is 0 Å². The van der Waals surface area contributed by atoms with Crippen LogP contribution in [0.3, 0.4) is 0 Å². The molecule has 0 radical (unpaired) electrons. The number of unbranched alkanes of at least 4 members (excludes halogenated alkanes) is 4. The first-order valence-electron chi connectivity index (χ1n) is 7.34. The van der Waals surface area contributed by atoms with Crippen molar-refractivity contribution in [3.8, 4) is 0 Å². The van der Waals surface area contributed by atoms with Crippen molar-refractivity contribution in [2.45, 2.75) is 51.1 Å². The summed E-state index contributed by atoms with van der Waals surface area (Å²) in [6.45, 7) is 2.24. The SMILES string of the molecule is CCCCCCCC([N+](C)(C)C)[Si](OC)(OC)OC.[Br-]. The van der Waals surface area contributed by atoms with Gasteiger partial charge < -0.3 is 34.7 Å². The first-order chi connectivity index (χ1) is 8.87. The van der Waals surface area contributed by atoms with E-state index in [4.69, 9.17) is 13.3 Å². The highest BCUT2D eigenvalue weighted by Crippen LogP contribution is 2.25. The normalized spacial score (nSPS) is 13.9. The zero-order valence-corrected chi connectivity index (χ0v) is 17.0. The summed E-state index contributed by atoms with van der Waals surface area (Å²) in [6.07, 6.45) is 7.52. The molecule has 0 aromatic rings. The van der Waals surface area contributed by atoms with Crippen LogP contribution in [0.2, 0.25) is 0 Å². The van der Waals surface area contributed by atoms with Gasteiger partial charge in [-0.15, -0.1) is 0 Å². The minimum atomic E-state index is -2.58. The lowest BCUT2D eigenvalue weighted by Crippen LogP contribution is -3.00. The van der Waals surface area contributed by atoms with E-state index in [0.29, 0.717) is 0 Å². The summed E-state index contributed by atoms with van der Waals surface area (Å²) in [5.41, 5.74) is 0.286. The van der Waals surface area contributed by atoms with Crippen LogP contribution in [0.5, 0.6) is 0 Å². The van der Waals surface area contributed by atoms with Gasteiger partial charge >= 0.3 is 8.80 Å². The summed E-state index contributed by atoms with van der Waals surface area (Å²) < 4.78 is 17.9. The molecule has 0 amide bonds. The van der Waals surface area contributed by atoms with Gasteiger partial charge in [-0.05, 0) is 6.42 Å². The zero-order valence-electron chi connectivity index (χ0n) is 14.4. The molecular weight excluding hydrogens is 338 g/mol. The van der Waals surface area contributed by atoms with Crippen molar-refractivity contribution in [3.63, 3.8) is 0 Å². The summed E-state index contributed by atoms with van der Waals surface area (Å²) in [5, 5.41) is 0. The first-order valence-corrected chi connectivity index (χ1v) is 9.14. The van der Waals surface area contributed by atoms with E-state index in [1.165, 1.54) is 32.1 Å². The van der Waals surface area contributed by atoms with E-state index in [1.54, 1.807) is 21.3 Å². The van der Waals surface area contributed by atoms with Gasteiger partial charge in [-0.3, -0.25) is 0 Å². The molecule has 0 rings (SSSR count). The number of hydrogen-bond acceptors (Lipinski definition) is 3. The van der Waals surface area contributed by atoms with Crippen molar-refractivity contribution in [3.05, 3.63) is 0 Å². The van der Waals surface area contributed by atoms with Crippen LogP contribution in [0.25, 0.3) is 0 Å². The molecule has 1 atom stereocenters. The minimum Gasteiger partial charge on any atom is -1.00 e. The number of halogens is 1. The quantitative estimate of drug-likeness (QED) is 0.287. The molecule has 0 aliphatic rings. The maximum Gasteiger partial charge on any atom is 0.561 e. The van der Waals surface area contributed by atoms with E-state index in [9.17, 15) is 0 Å². The Labute approximate surface area is 137 Å². The Morgan fingerprint density at radius 2 is 1.30 bits per heavy atom. The minimum absolute atomic E-state index is 0. The molecule has 1 unspecified atom stereocenters. The number of rotatable bonds is 11. The molecular formula is C14H34BrNO3Si. The third kappa shape index (κ3) is 7.00. The van der Waals surface area contributed by atoms with E-state index >= 15 is 0 Å². The van der Waals surface area contributed by atoms with Gasteiger partial charge in [0.15, 0.2) is 5.67 Å². The van der Waals surface area contributed by atoms with E-state index < -0.39 is 8.80 Å². The Kier molecular flexibility index (Phi) is 12.7. The molecule has 20 heavy (non-hydrogen) atoms. The topological polar surface area (TPSA) is 27.7 Å². The lowest BCUT2D eigenvalue weighted by atomic mass is 10.1. The van der Waals surface area contributed by atoms with Crippen molar-refractivity contribution in [2.24, 2.45) is 0 Å². The van der Waals surface area contributed by atoms with Gasteiger partial charge in [-0.2, -0.15) is 0 Å². The average Bonchev–Trinajstić information content (AvgIpc) is 2.37. The number of hydrogen-bond donors (Lipinski definition) is 0. The molecule has 6 heteroatoms. The van der Waals surface area contributed by atoms with Crippen LogP contribution in [0.15, 0.2) is 0 Å². The molecule has 0 aliphatic heterocycles. The maximum absolute atomic E-state index is 5.68. The third-order valence-electron chi connectivity index (χ3n) is 3.78. The van der Waals surface area contributed by atoms with E-state index in [-0.39, 0.29) is 22.6 Å². The van der Waals surface area contributed by atoms with E-state index in [0.717, 1.165) is 10.9 Å². The molecule has 0 aliphatic carbocycles. The largest absolute Gasteiger partial charge is 1.00 e. The van der Waals surface area contributed by atoms with Crippen molar-refractivity contribution >= 4 is 8.80 Å². The molecule has 124 valence electrons. The van der Waals surface area contributed by atoms with Crippen molar-refractivity contribution in [2.75, 3.05) is 42.5 Å². The summed E-state index contributed by atoms with van der Waals surface area (Å²) >= 11 is 0. The van der Waals surface area contributed by atoms with Gasteiger partial charge in [0.25, 0.3) is 0 Å². The fourth-order valence-corrected chi connectivity index (χ4v) is 5.46. The van der Waals surface area contributed by atoms with Crippen molar-refractivity contribution in [1.29, 1.82) is 0 Å². The first kappa shape index (κ1) is 22.8. The van der Waals surface area contributed by atoms with Crippen LogP contribution < -0.4 is 17.0 Å². The molecule has 0 N–H and O–H groups in total. The molecule has 0 bridgehead atoms.